The normalized spacial score (nSPS) is 21.2. The Morgan fingerprint density at radius 1 is 1.40 bits per heavy atom. The van der Waals surface area contributed by atoms with E-state index in [-0.39, 0.29) is 5.69 Å². The van der Waals surface area contributed by atoms with Crippen molar-refractivity contribution in [2.45, 2.75) is 12.5 Å². The number of hydrogen-bond acceptors (Lipinski definition) is 2. The van der Waals surface area contributed by atoms with Gasteiger partial charge in [0.1, 0.15) is 0 Å². The van der Waals surface area contributed by atoms with Gasteiger partial charge in [0.25, 0.3) is 0 Å². The van der Waals surface area contributed by atoms with Gasteiger partial charge in [0.15, 0.2) is 0 Å². The Morgan fingerprint density at radius 2 is 2.27 bits per heavy atom. The highest BCUT2D eigenvalue weighted by atomic mass is 32.2. The molecule has 1 aromatic carbocycles. The average Bonchev–Trinajstić information content (AvgIpc) is 2.82. The van der Waals surface area contributed by atoms with Crippen molar-refractivity contribution < 1.29 is 0 Å². The first-order valence-corrected chi connectivity index (χ1v) is 6.29. The number of H-pyrrole nitrogens is 1. The molecule has 1 atom stereocenters. The number of para-hydroxylation sites is 2. The third-order valence-corrected chi connectivity index (χ3v) is 4.04. The second kappa shape index (κ2) is 3.45. The fraction of sp³-hybridized carbons (Fsp3) is 0.364. The second-order valence-corrected chi connectivity index (χ2v) is 4.98. The molecular formula is C11H12N2OS. The molecule has 1 unspecified atom stereocenters. The zero-order valence-corrected chi connectivity index (χ0v) is 9.09. The molecule has 0 radical (unpaired) electrons. The molecule has 3 nitrogen and oxygen atoms in total. The summed E-state index contributed by atoms with van der Waals surface area (Å²) in [7, 11) is 0. The first kappa shape index (κ1) is 9.09. The molecule has 0 amide bonds. The standard InChI is InChI=1S/C11H12N2OS/c14-11-12-9-3-1-2-4-10(9)13(11)8-5-6-15-7-8/h1-4,8H,5-7H2,(H,12,14). The number of nitrogens with zero attached hydrogens (tertiary/aromatic N) is 1. The Kier molecular flexibility index (Phi) is 2.09. The number of nitrogens with one attached hydrogen (secondary N) is 1. The van der Waals surface area contributed by atoms with Crippen LogP contribution in [-0.2, 0) is 0 Å². The molecule has 1 N–H and O–H groups in total. The summed E-state index contributed by atoms with van der Waals surface area (Å²) in [6.45, 7) is 0. The Morgan fingerprint density at radius 3 is 3.07 bits per heavy atom. The third-order valence-electron chi connectivity index (χ3n) is 2.89. The highest BCUT2D eigenvalue weighted by molar-refractivity contribution is 7.99. The molecule has 3 rings (SSSR count). The summed E-state index contributed by atoms with van der Waals surface area (Å²) in [6.07, 6.45) is 1.10. The molecule has 1 saturated heterocycles. The molecular weight excluding hydrogens is 208 g/mol. The number of rotatable bonds is 1. The van der Waals surface area contributed by atoms with E-state index in [0.29, 0.717) is 6.04 Å². The van der Waals surface area contributed by atoms with Crippen molar-refractivity contribution >= 4 is 22.8 Å². The van der Waals surface area contributed by atoms with Crippen molar-refractivity contribution in [2.75, 3.05) is 11.5 Å². The van der Waals surface area contributed by atoms with Gasteiger partial charge in [-0.2, -0.15) is 11.8 Å². The average molecular weight is 220 g/mol. The SMILES string of the molecule is O=c1[nH]c2ccccc2n1C1CCSC1. The number of benzene rings is 1. The predicted molar refractivity (Wildman–Crippen MR) is 63.5 cm³/mol. The second-order valence-electron chi connectivity index (χ2n) is 3.83. The number of aromatic amines is 1. The molecule has 0 bridgehead atoms. The molecule has 4 heteroatoms. The van der Waals surface area contributed by atoms with Crippen molar-refractivity contribution in [2.24, 2.45) is 0 Å². The quantitative estimate of drug-likeness (QED) is 0.798. The van der Waals surface area contributed by atoms with E-state index in [1.807, 2.05) is 40.6 Å². The molecule has 0 saturated carbocycles. The van der Waals surface area contributed by atoms with E-state index >= 15 is 0 Å². The minimum Gasteiger partial charge on any atom is -0.306 e. The van der Waals surface area contributed by atoms with Crippen LogP contribution in [0.1, 0.15) is 12.5 Å². The predicted octanol–water partition coefficient (Wildman–Crippen LogP) is 2.01. The first-order chi connectivity index (χ1) is 7.36. The summed E-state index contributed by atoms with van der Waals surface area (Å²) in [5.74, 6) is 2.22. The Hall–Kier alpha value is -1.16. The van der Waals surface area contributed by atoms with Crippen molar-refractivity contribution in [3.05, 3.63) is 34.7 Å². The van der Waals surface area contributed by atoms with Crippen LogP contribution in [0.4, 0.5) is 0 Å². The van der Waals surface area contributed by atoms with Crippen LogP contribution in [0.2, 0.25) is 0 Å². The van der Waals surface area contributed by atoms with Crippen LogP contribution in [0.5, 0.6) is 0 Å². The molecule has 0 aliphatic carbocycles. The van der Waals surface area contributed by atoms with Crippen LogP contribution in [0.3, 0.4) is 0 Å². The number of fused-ring (bicyclic) bond motifs is 1. The summed E-state index contributed by atoms with van der Waals surface area (Å²) in [6, 6.07) is 8.27. The van der Waals surface area contributed by atoms with Crippen LogP contribution in [0.15, 0.2) is 29.1 Å². The molecule has 78 valence electrons. The molecule has 1 aliphatic rings. The van der Waals surface area contributed by atoms with Gasteiger partial charge in [-0.1, -0.05) is 12.1 Å². The van der Waals surface area contributed by atoms with Crippen molar-refractivity contribution in [3.63, 3.8) is 0 Å². The van der Waals surface area contributed by atoms with Gasteiger partial charge in [-0.15, -0.1) is 0 Å². The lowest BCUT2D eigenvalue weighted by Gasteiger charge is -2.09. The molecule has 0 spiro atoms. The van der Waals surface area contributed by atoms with Gasteiger partial charge in [0.2, 0.25) is 0 Å². The lowest BCUT2D eigenvalue weighted by atomic mass is 10.2. The third kappa shape index (κ3) is 1.40. The van der Waals surface area contributed by atoms with Gasteiger partial charge in [0, 0.05) is 11.8 Å². The summed E-state index contributed by atoms with van der Waals surface area (Å²) in [5, 5.41) is 0. The van der Waals surface area contributed by atoms with Crippen molar-refractivity contribution in [3.8, 4) is 0 Å². The number of hydrogen-bond donors (Lipinski definition) is 1. The highest BCUT2D eigenvalue weighted by Gasteiger charge is 2.20. The Bertz CT molecular complexity index is 537. The van der Waals surface area contributed by atoms with E-state index in [1.54, 1.807) is 0 Å². The van der Waals surface area contributed by atoms with Gasteiger partial charge in [0.05, 0.1) is 11.0 Å². The maximum Gasteiger partial charge on any atom is 0.326 e. The van der Waals surface area contributed by atoms with Crippen LogP contribution < -0.4 is 5.69 Å². The van der Waals surface area contributed by atoms with E-state index in [0.717, 1.165) is 29.0 Å². The molecule has 1 fully saturated rings. The lowest BCUT2D eigenvalue weighted by Crippen LogP contribution is -2.21. The van der Waals surface area contributed by atoms with Crippen molar-refractivity contribution in [1.29, 1.82) is 0 Å². The monoisotopic (exact) mass is 220 g/mol. The van der Waals surface area contributed by atoms with Gasteiger partial charge < -0.3 is 4.98 Å². The molecule has 2 aromatic rings. The highest BCUT2D eigenvalue weighted by Crippen LogP contribution is 2.28. The Labute approximate surface area is 91.5 Å². The number of imidazole rings is 1. The first-order valence-electron chi connectivity index (χ1n) is 5.13. The van der Waals surface area contributed by atoms with Gasteiger partial charge in [-0.25, -0.2) is 4.79 Å². The van der Waals surface area contributed by atoms with E-state index in [9.17, 15) is 4.79 Å². The smallest absolute Gasteiger partial charge is 0.306 e. The van der Waals surface area contributed by atoms with Gasteiger partial charge in [-0.3, -0.25) is 4.57 Å². The lowest BCUT2D eigenvalue weighted by molar-refractivity contribution is 0.559. The maximum absolute atomic E-state index is 11.8. The van der Waals surface area contributed by atoms with Crippen LogP contribution in [0.25, 0.3) is 11.0 Å². The number of aromatic nitrogens is 2. The minimum absolute atomic E-state index is 0.0312. The molecule has 15 heavy (non-hydrogen) atoms. The molecule has 1 aliphatic heterocycles. The fourth-order valence-electron chi connectivity index (χ4n) is 2.16. The zero-order valence-electron chi connectivity index (χ0n) is 8.27. The molecule has 2 heterocycles. The molecule has 1 aromatic heterocycles. The van der Waals surface area contributed by atoms with E-state index in [2.05, 4.69) is 4.98 Å². The largest absolute Gasteiger partial charge is 0.326 e. The van der Waals surface area contributed by atoms with Crippen LogP contribution >= 0.6 is 11.8 Å². The summed E-state index contributed by atoms with van der Waals surface area (Å²) in [5.41, 5.74) is 2.01. The number of thioether (sulfide) groups is 1. The van der Waals surface area contributed by atoms with E-state index < -0.39 is 0 Å². The summed E-state index contributed by atoms with van der Waals surface area (Å²) in [4.78, 5) is 14.7. The van der Waals surface area contributed by atoms with Gasteiger partial charge in [-0.05, 0) is 24.3 Å². The van der Waals surface area contributed by atoms with Crippen molar-refractivity contribution in [1.82, 2.24) is 9.55 Å². The zero-order chi connectivity index (χ0) is 10.3. The van der Waals surface area contributed by atoms with E-state index in [1.165, 1.54) is 0 Å². The summed E-state index contributed by atoms with van der Waals surface area (Å²) >= 11 is 1.92. The fourth-order valence-corrected chi connectivity index (χ4v) is 3.36. The topological polar surface area (TPSA) is 37.8 Å². The minimum atomic E-state index is 0.0312. The Balaban J connectivity index is 2.23. The van der Waals surface area contributed by atoms with Crippen LogP contribution in [-0.4, -0.2) is 21.1 Å². The summed E-state index contributed by atoms with van der Waals surface area (Å²) < 4.78 is 1.91. The van der Waals surface area contributed by atoms with E-state index in [4.69, 9.17) is 0 Å². The maximum atomic E-state index is 11.8. The van der Waals surface area contributed by atoms with Gasteiger partial charge >= 0.3 is 5.69 Å². The van der Waals surface area contributed by atoms with Crippen LogP contribution in [0, 0.1) is 0 Å².